The Hall–Kier alpha value is -2.48. The fourth-order valence-electron chi connectivity index (χ4n) is 4.18. The topological polar surface area (TPSA) is 76.4 Å². The van der Waals surface area contributed by atoms with Crippen LogP contribution in [0.4, 0.5) is 0 Å². The Labute approximate surface area is 159 Å². The maximum absolute atomic E-state index is 12.7. The van der Waals surface area contributed by atoms with E-state index in [1.54, 1.807) is 19.5 Å². The summed E-state index contributed by atoms with van der Waals surface area (Å²) in [6.07, 6.45) is 7.19. The number of carbonyl (C=O) groups is 1. The highest BCUT2D eigenvalue weighted by Crippen LogP contribution is 2.32. The van der Waals surface area contributed by atoms with E-state index in [9.17, 15) is 4.79 Å². The molecule has 2 aliphatic rings. The van der Waals surface area contributed by atoms with Crippen molar-refractivity contribution in [3.05, 3.63) is 36.2 Å². The summed E-state index contributed by atoms with van der Waals surface area (Å²) < 4.78 is 7.01. The number of amides is 1. The van der Waals surface area contributed by atoms with E-state index in [-0.39, 0.29) is 11.7 Å². The Balaban J connectivity index is 1.34. The van der Waals surface area contributed by atoms with Crippen LogP contribution in [0, 0.1) is 11.8 Å². The van der Waals surface area contributed by atoms with Gasteiger partial charge in [0.05, 0.1) is 25.2 Å². The van der Waals surface area contributed by atoms with Gasteiger partial charge in [0, 0.05) is 32.9 Å². The van der Waals surface area contributed by atoms with Gasteiger partial charge < -0.3 is 9.64 Å². The number of fused-ring (bicyclic) bond motifs is 1. The summed E-state index contributed by atoms with van der Waals surface area (Å²) in [6, 6.07) is 2.08. The first-order valence-electron chi connectivity index (χ1n) is 9.48. The first-order valence-corrected chi connectivity index (χ1v) is 9.48. The average Bonchev–Trinajstić information content (AvgIpc) is 3.24. The van der Waals surface area contributed by atoms with E-state index in [0.717, 1.165) is 45.6 Å². The quantitative estimate of drug-likeness (QED) is 0.805. The Kier molecular flexibility index (Phi) is 5.07. The number of rotatable bonds is 4. The van der Waals surface area contributed by atoms with E-state index in [0.29, 0.717) is 17.6 Å². The minimum Gasteiger partial charge on any atom is -0.494 e. The summed E-state index contributed by atoms with van der Waals surface area (Å²) >= 11 is 0. The molecule has 0 radical (unpaired) electrons. The zero-order valence-electron chi connectivity index (χ0n) is 15.9. The van der Waals surface area contributed by atoms with Crippen molar-refractivity contribution >= 4 is 5.91 Å². The molecule has 0 aromatic carbocycles. The van der Waals surface area contributed by atoms with Crippen LogP contribution in [0.2, 0.25) is 0 Å². The van der Waals surface area contributed by atoms with Gasteiger partial charge in [0.25, 0.3) is 5.91 Å². The van der Waals surface area contributed by atoms with Crippen LogP contribution in [0.5, 0.6) is 5.75 Å². The minimum atomic E-state index is -0.0718. The lowest BCUT2D eigenvalue weighted by molar-refractivity contribution is 0.0767. The second kappa shape index (κ2) is 7.64. The molecule has 2 aromatic rings. The van der Waals surface area contributed by atoms with Crippen LogP contribution in [-0.2, 0) is 13.6 Å². The number of methoxy groups -OCH3 is 1. The molecule has 0 N–H and O–H groups in total. The normalized spacial score (nSPS) is 23.1. The van der Waals surface area contributed by atoms with Crippen LogP contribution in [-0.4, -0.2) is 68.7 Å². The molecule has 2 aromatic heterocycles. The van der Waals surface area contributed by atoms with Crippen molar-refractivity contribution < 1.29 is 9.53 Å². The number of nitrogens with zero attached hydrogens (tertiary/aromatic N) is 6. The van der Waals surface area contributed by atoms with Crippen LogP contribution >= 0.6 is 0 Å². The summed E-state index contributed by atoms with van der Waals surface area (Å²) in [5.41, 5.74) is 1.25. The maximum Gasteiger partial charge on any atom is 0.291 e. The van der Waals surface area contributed by atoms with Crippen molar-refractivity contribution in [1.82, 2.24) is 29.5 Å². The molecule has 144 valence electrons. The zero-order valence-corrected chi connectivity index (χ0v) is 15.9. The maximum atomic E-state index is 12.7. The first kappa shape index (κ1) is 17.9. The van der Waals surface area contributed by atoms with Crippen LogP contribution in [0.25, 0.3) is 0 Å². The highest BCUT2D eigenvalue weighted by atomic mass is 16.5. The monoisotopic (exact) mass is 370 g/mol. The highest BCUT2D eigenvalue weighted by molar-refractivity contribution is 5.90. The molecule has 0 saturated carbocycles. The summed E-state index contributed by atoms with van der Waals surface area (Å²) in [6.45, 7) is 4.68. The molecule has 0 aliphatic carbocycles. The highest BCUT2D eigenvalue weighted by Gasteiger charge is 2.37. The fourth-order valence-corrected chi connectivity index (χ4v) is 4.18. The van der Waals surface area contributed by atoms with Crippen LogP contribution in [0.15, 0.2) is 24.7 Å². The van der Waals surface area contributed by atoms with E-state index in [1.165, 1.54) is 5.69 Å². The average molecular weight is 370 g/mol. The molecule has 8 nitrogen and oxygen atoms in total. The summed E-state index contributed by atoms with van der Waals surface area (Å²) in [5, 5.41) is 4.26. The Morgan fingerprint density at radius 3 is 2.41 bits per heavy atom. The third-order valence-electron chi connectivity index (χ3n) is 5.86. The number of aryl methyl sites for hydroxylation is 1. The summed E-state index contributed by atoms with van der Waals surface area (Å²) in [7, 11) is 3.55. The molecule has 2 aliphatic heterocycles. The van der Waals surface area contributed by atoms with Gasteiger partial charge >= 0.3 is 0 Å². The second-order valence-electron chi connectivity index (χ2n) is 7.48. The van der Waals surface area contributed by atoms with Gasteiger partial charge in [-0.2, -0.15) is 5.10 Å². The standard InChI is InChI=1S/C19H26N6O2/c1-23-16(3-6-22-23)13-24-7-4-14-11-25(12-15(14)5-8-24)19(26)18-20-9-17(27-2)10-21-18/h3,6,9-10,14-15H,4-5,7-8,11-13H2,1-2H3/t14-,15+. The summed E-state index contributed by atoms with van der Waals surface area (Å²) in [4.78, 5) is 25.5. The largest absolute Gasteiger partial charge is 0.494 e. The van der Waals surface area contributed by atoms with E-state index < -0.39 is 0 Å². The number of hydrogen-bond acceptors (Lipinski definition) is 6. The minimum absolute atomic E-state index is 0.0718. The van der Waals surface area contributed by atoms with Gasteiger partial charge in [0.1, 0.15) is 0 Å². The van der Waals surface area contributed by atoms with Gasteiger partial charge in [-0.1, -0.05) is 0 Å². The van der Waals surface area contributed by atoms with E-state index >= 15 is 0 Å². The molecule has 27 heavy (non-hydrogen) atoms. The van der Waals surface area contributed by atoms with Gasteiger partial charge in [0.2, 0.25) is 5.82 Å². The van der Waals surface area contributed by atoms with Gasteiger partial charge in [-0.05, 0) is 43.8 Å². The molecular weight excluding hydrogens is 344 g/mol. The predicted molar refractivity (Wildman–Crippen MR) is 99.2 cm³/mol. The van der Waals surface area contributed by atoms with Gasteiger partial charge in [-0.15, -0.1) is 0 Å². The van der Waals surface area contributed by atoms with Gasteiger partial charge in [-0.3, -0.25) is 14.4 Å². The van der Waals surface area contributed by atoms with E-state index in [2.05, 4.69) is 26.0 Å². The molecular formula is C19H26N6O2. The van der Waals surface area contributed by atoms with Crippen molar-refractivity contribution in [2.45, 2.75) is 19.4 Å². The Morgan fingerprint density at radius 1 is 1.19 bits per heavy atom. The molecule has 4 heterocycles. The van der Waals surface area contributed by atoms with Crippen LogP contribution in [0.1, 0.15) is 29.2 Å². The molecule has 1 amide bonds. The molecule has 0 spiro atoms. The first-order chi connectivity index (χ1) is 13.1. The fraction of sp³-hybridized carbons (Fsp3) is 0.579. The smallest absolute Gasteiger partial charge is 0.291 e. The number of ether oxygens (including phenoxy) is 1. The van der Waals surface area contributed by atoms with Crippen LogP contribution in [0.3, 0.4) is 0 Å². The van der Waals surface area contributed by atoms with Crippen molar-refractivity contribution in [1.29, 1.82) is 0 Å². The third kappa shape index (κ3) is 3.80. The van der Waals surface area contributed by atoms with E-state index in [4.69, 9.17) is 4.74 Å². The van der Waals surface area contributed by atoms with Gasteiger partial charge in [0.15, 0.2) is 5.75 Å². The molecule has 2 atom stereocenters. The SMILES string of the molecule is COc1cnc(C(=O)N2C[C@H]3CCN(Cc4ccnn4C)CC[C@H]3C2)nc1. The molecule has 2 fully saturated rings. The molecule has 2 saturated heterocycles. The lowest BCUT2D eigenvalue weighted by atomic mass is 9.92. The molecule has 0 unspecified atom stereocenters. The summed E-state index contributed by atoms with van der Waals surface area (Å²) in [5.74, 6) is 1.86. The number of aromatic nitrogens is 4. The lowest BCUT2D eigenvalue weighted by Crippen LogP contribution is -2.32. The third-order valence-corrected chi connectivity index (χ3v) is 5.86. The second-order valence-corrected chi connectivity index (χ2v) is 7.48. The lowest BCUT2D eigenvalue weighted by Gasteiger charge is -2.21. The number of hydrogen-bond donors (Lipinski definition) is 0. The molecule has 0 bridgehead atoms. The zero-order chi connectivity index (χ0) is 18.8. The van der Waals surface area contributed by atoms with Crippen molar-refractivity contribution in [2.24, 2.45) is 18.9 Å². The van der Waals surface area contributed by atoms with Crippen molar-refractivity contribution in [3.8, 4) is 5.75 Å². The molecule has 4 rings (SSSR count). The number of carbonyl (C=O) groups excluding carboxylic acids is 1. The Bertz CT molecular complexity index is 774. The van der Waals surface area contributed by atoms with Crippen molar-refractivity contribution in [2.75, 3.05) is 33.3 Å². The number of likely N-dealkylation sites (tertiary alicyclic amines) is 2. The van der Waals surface area contributed by atoms with Gasteiger partial charge in [-0.25, -0.2) is 9.97 Å². The van der Waals surface area contributed by atoms with E-state index in [1.807, 2.05) is 22.8 Å². The van der Waals surface area contributed by atoms with Crippen molar-refractivity contribution in [3.63, 3.8) is 0 Å². The Morgan fingerprint density at radius 2 is 1.85 bits per heavy atom. The molecule has 8 heteroatoms. The van der Waals surface area contributed by atoms with Crippen LogP contribution < -0.4 is 4.74 Å². The predicted octanol–water partition coefficient (Wildman–Crippen LogP) is 1.20.